The number of rotatable bonds is 8. The molecule has 0 aromatic rings. The van der Waals surface area contributed by atoms with Crippen LogP contribution in [0, 0.1) is 5.92 Å². The molecule has 7 nitrogen and oxygen atoms in total. The third-order valence-electron chi connectivity index (χ3n) is 2.65. The van der Waals surface area contributed by atoms with Gasteiger partial charge in [-0.05, 0) is 40.0 Å². The molecule has 0 heterocycles. The lowest BCUT2D eigenvalue weighted by molar-refractivity contribution is -0.137. The van der Waals surface area contributed by atoms with Gasteiger partial charge in [0.1, 0.15) is 11.6 Å². The van der Waals surface area contributed by atoms with Gasteiger partial charge in [-0.3, -0.25) is 4.79 Å². The van der Waals surface area contributed by atoms with Gasteiger partial charge in [-0.15, -0.1) is 0 Å². The topological polar surface area (TPSA) is 93.7 Å². The minimum Gasteiger partial charge on any atom is -0.463 e. The molecule has 0 aliphatic rings. The monoisotopic (exact) mass is 342 g/mol. The molecule has 0 rings (SSSR count). The minimum atomic E-state index is -0.698. The van der Waals surface area contributed by atoms with Gasteiger partial charge < -0.3 is 20.1 Å². The lowest BCUT2D eigenvalue weighted by atomic mass is 10.0. The van der Waals surface area contributed by atoms with Crippen molar-refractivity contribution in [1.29, 1.82) is 0 Å². The molecule has 2 N–H and O–H groups in total. The first kappa shape index (κ1) is 21.9. The SMILES string of the molecule is CCOC(=O)C=CCNC(=O)C(CC(C)C)NC(=O)OC(C)(C)C. The van der Waals surface area contributed by atoms with Gasteiger partial charge in [0.05, 0.1) is 6.61 Å². The average Bonchev–Trinajstić information content (AvgIpc) is 2.40. The molecule has 0 spiro atoms. The van der Waals surface area contributed by atoms with Gasteiger partial charge in [0, 0.05) is 12.6 Å². The molecule has 0 fully saturated rings. The van der Waals surface area contributed by atoms with Crippen molar-refractivity contribution in [3.8, 4) is 0 Å². The molecule has 7 heteroatoms. The molecule has 0 aliphatic carbocycles. The number of amides is 2. The third kappa shape index (κ3) is 11.5. The highest BCUT2D eigenvalue weighted by atomic mass is 16.6. The highest BCUT2D eigenvalue weighted by Gasteiger charge is 2.24. The van der Waals surface area contributed by atoms with E-state index in [9.17, 15) is 14.4 Å². The smallest absolute Gasteiger partial charge is 0.408 e. The lowest BCUT2D eigenvalue weighted by Crippen LogP contribution is -2.48. The van der Waals surface area contributed by atoms with Crippen molar-refractivity contribution in [3.63, 3.8) is 0 Å². The van der Waals surface area contributed by atoms with Crippen molar-refractivity contribution in [3.05, 3.63) is 12.2 Å². The van der Waals surface area contributed by atoms with Gasteiger partial charge in [0.2, 0.25) is 5.91 Å². The maximum Gasteiger partial charge on any atom is 0.408 e. The van der Waals surface area contributed by atoms with Gasteiger partial charge in [0.25, 0.3) is 0 Å². The van der Waals surface area contributed by atoms with Crippen LogP contribution in [0.15, 0.2) is 12.2 Å². The number of carbonyl (C=O) groups excluding carboxylic acids is 3. The number of alkyl carbamates (subject to hydrolysis) is 1. The first-order valence-corrected chi connectivity index (χ1v) is 8.15. The summed E-state index contributed by atoms with van der Waals surface area (Å²) in [7, 11) is 0. The molecule has 138 valence electrons. The molecule has 0 radical (unpaired) electrons. The molecule has 0 saturated heterocycles. The Labute approximate surface area is 144 Å². The van der Waals surface area contributed by atoms with Crippen LogP contribution in [0.3, 0.4) is 0 Å². The number of nitrogens with one attached hydrogen (secondary N) is 2. The summed E-state index contributed by atoms with van der Waals surface area (Å²) in [6, 6.07) is -0.698. The first-order chi connectivity index (χ1) is 11.0. The van der Waals surface area contributed by atoms with E-state index in [1.54, 1.807) is 27.7 Å². The van der Waals surface area contributed by atoms with Crippen LogP contribution in [0.25, 0.3) is 0 Å². The van der Waals surface area contributed by atoms with E-state index in [1.807, 2.05) is 13.8 Å². The Kier molecular flexibility index (Phi) is 9.76. The quantitative estimate of drug-likeness (QED) is 0.521. The van der Waals surface area contributed by atoms with Crippen LogP contribution in [0.2, 0.25) is 0 Å². The molecule has 0 aromatic heterocycles. The Morgan fingerprint density at radius 3 is 2.29 bits per heavy atom. The fourth-order valence-electron chi connectivity index (χ4n) is 1.78. The summed E-state index contributed by atoms with van der Waals surface area (Å²) in [6.07, 6.45) is 2.59. The largest absolute Gasteiger partial charge is 0.463 e. The van der Waals surface area contributed by atoms with Crippen LogP contribution in [-0.4, -0.2) is 42.8 Å². The molecule has 0 aromatic carbocycles. The van der Waals surface area contributed by atoms with Gasteiger partial charge in [0.15, 0.2) is 0 Å². The Morgan fingerprint density at radius 2 is 1.79 bits per heavy atom. The second-order valence-corrected chi connectivity index (χ2v) is 6.73. The minimum absolute atomic E-state index is 0.169. The van der Waals surface area contributed by atoms with E-state index >= 15 is 0 Å². The number of esters is 1. The standard InChI is InChI=1S/C17H30N2O5/c1-7-23-14(20)9-8-10-18-15(21)13(11-12(2)3)19-16(22)24-17(4,5)6/h8-9,12-13H,7,10-11H2,1-6H3,(H,18,21)(H,19,22). The molecular formula is C17H30N2O5. The number of carbonyl (C=O) groups is 3. The number of hydrogen-bond donors (Lipinski definition) is 2. The van der Waals surface area contributed by atoms with E-state index in [2.05, 4.69) is 10.6 Å². The summed E-state index contributed by atoms with van der Waals surface area (Å²) >= 11 is 0. The summed E-state index contributed by atoms with van der Waals surface area (Å²) in [5.41, 5.74) is -0.634. The van der Waals surface area contributed by atoms with E-state index in [1.165, 1.54) is 12.2 Å². The first-order valence-electron chi connectivity index (χ1n) is 8.15. The molecular weight excluding hydrogens is 312 g/mol. The second kappa shape index (κ2) is 10.7. The number of ether oxygens (including phenoxy) is 2. The zero-order valence-electron chi connectivity index (χ0n) is 15.5. The van der Waals surface area contributed by atoms with E-state index in [4.69, 9.17) is 9.47 Å². The van der Waals surface area contributed by atoms with Gasteiger partial charge in [-0.25, -0.2) is 9.59 Å². The van der Waals surface area contributed by atoms with E-state index in [0.29, 0.717) is 13.0 Å². The lowest BCUT2D eigenvalue weighted by Gasteiger charge is -2.24. The fraction of sp³-hybridized carbons (Fsp3) is 0.706. The Morgan fingerprint density at radius 1 is 1.17 bits per heavy atom. The van der Waals surface area contributed by atoms with Crippen molar-refractivity contribution in [2.75, 3.05) is 13.2 Å². The zero-order chi connectivity index (χ0) is 18.8. The Hall–Kier alpha value is -2.05. The molecule has 0 saturated carbocycles. The van der Waals surface area contributed by atoms with E-state index in [-0.39, 0.29) is 18.4 Å². The molecule has 1 atom stereocenters. The van der Waals surface area contributed by atoms with Gasteiger partial charge >= 0.3 is 12.1 Å². The van der Waals surface area contributed by atoms with Crippen molar-refractivity contribution >= 4 is 18.0 Å². The van der Waals surface area contributed by atoms with Crippen LogP contribution in [0.1, 0.15) is 48.0 Å². The van der Waals surface area contributed by atoms with Crippen molar-refractivity contribution in [2.24, 2.45) is 5.92 Å². The fourth-order valence-corrected chi connectivity index (χ4v) is 1.78. The highest BCUT2D eigenvalue weighted by Crippen LogP contribution is 2.09. The average molecular weight is 342 g/mol. The van der Waals surface area contributed by atoms with Gasteiger partial charge in [-0.1, -0.05) is 19.9 Å². The highest BCUT2D eigenvalue weighted by molar-refractivity contribution is 5.86. The molecule has 24 heavy (non-hydrogen) atoms. The summed E-state index contributed by atoms with van der Waals surface area (Å²) in [4.78, 5) is 35.2. The van der Waals surface area contributed by atoms with Crippen LogP contribution in [0.5, 0.6) is 0 Å². The third-order valence-corrected chi connectivity index (χ3v) is 2.65. The maximum atomic E-state index is 12.2. The normalized spacial score (nSPS) is 12.8. The van der Waals surface area contributed by atoms with Crippen molar-refractivity contribution in [1.82, 2.24) is 10.6 Å². The summed E-state index contributed by atoms with van der Waals surface area (Å²) in [6.45, 7) is 11.4. The molecule has 0 aliphatic heterocycles. The van der Waals surface area contributed by atoms with Crippen molar-refractivity contribution in [2.45, 2.75) is 59.6 Å². The summed E-state index contributed by atoms with van der Waals surface area (Å²) in [5.74, 6) is -0.578. The maximum absolute atomic E-state index is 12.2. The summed E-state index contributed by atoms with van der Waals surface area (Å²) in [5, 5.41) is 5.24. The molecule has 1 unspecified atom stereocenters. The zero-order valence-corrected chi connectivity index (χ0v) is 15.5. The molecule has 2 amide bonds. The van der Waals surface area contributed by atoms with Gasteiger partial charge in [-0.2, -0.15) is 0 Å². The summed E-state index contributed by atoms with van der Waals surface area (Å²) < 4.78 is 9.91. The Bertz CT molecular complexity index is 452. The van der Waals surface area contributed by atoms with E-state index in [0.717, 1.165) is 0 Å². The number of hydrogen-bond acceptors (Lipinski definition) is 5. The van der Waals surface area contributed by atoms with Crippen molar-refractivity contribution < 1.29 is 23.9 Å². The predicted octanol–water partition coefficient (Wildman–Crippen LogP) is 2.16. The van der Waals surface area contributed by atoms with Crippen LogP contribution in [0.4, 0.5) is 4.79 Å². The van der Waals surface area contributed by atoms with E-state index < -0.39 is 23.7 Å². The predicted molar refractivity (Wildman–Crippen MR) is 91.4 cm³/mol. The Balaban J connectivity index is 4.55. The van der Waals surface area contributed by atoms with Crippen LogP contribution >= 0.6 is 0 Å². The second-order valence-electron chi connectivity index (χ2n) is 6.73. The van der Waals surface area contributed by atoms with Crippen LogP contribution in [-0.2, 0) is 19.1 Å². The molecule has 0 bridgehead atoms. The van der Waals surface area contributed by atoms with Crippen LogP contribution < -0.4 is 10.6 Å².